The van der Waals surface area contributed by atoms with E-state index in [0.717, 1.165) is 21.2 Å². The predicted molar refractivity (Wildman–Crippen MR) is 109 cm³/mol. The van der Waals surface area contributed by atoms with Crippen molar-refractivity contribution in [2.75, 3.05) is 11.1 Å². The molecule has 0 atom stereocenters. The number of imidazole rings is 1. The van der Waals surface area contributed by atoms with E-state index in [1.807, 2.05) is 43.3 Å². The molecule has 0 saturated heterocycles. The highest BCUT2D eigenvalue weighted by atomic mass is 32.2. The molecular weight excluding hydrogens is 378 g/mol. The molecule has 0 fully saturated rings. The van der Waals surface area contributed by atoms with Crippen molar-refractivity contribution in [1.29, 1.82) is 0 Å². The highest BCUT2D eigenvalue weighted by Gasteiger charge is 2.14. The van der Waals surface area contributed by atoms with E-state index in [1.54, 1.807) is 0 Å². The lowest BCUT2D eigenvalue weighted by atomic mass is 10.2. The van der Waals surface area contributed by atoms with Crippen LogP contribution in [0.1, 0.15) is 10.6 Å². The number of amides is 1. The van der Waals surface area contributed by atoms with Gasteiger partial charge in [-0.2, -0.15) is 0 Å². The third kappa shape index (κ3) is 4.17. The zero-order valence-electron chi connectivity index (χ0n) is 14.6. The van der Waals surface area contributed by atoms with Crippen molar-refractivity contribution in [3.63, 3.8) is 0 Å². The van der Waals surface area contributed by atoms with Gasteiger partial charge in [-0.1, -0.05) is 65.6 Å². The third-order valence-electron chi connectivity index (χ3n) is 3.91. The van der Waals surface area contributed by atoms with Crippen LogP contribution >= 0.6 is 23.1 Å². The van der Waals surface area contributed by atoms with Crippen LogP contribution in [0.2, 0.25) is 0 Å². The molecule has 2 heterocycles. The van der Waals surface area contributed by atoms with E-state index in [2.05, 4.69) is 38.3 Å². The van der Waals surface area contributed by atoms with E-state index in [-0.39, 0.29) is 11.7 Å². The third-order valence-corrected chi connectivity index (χ3v) is 5.64. The molecule has 0 saturated carbocycles. The number of nitrogens with zero attached hydrogens (tertiary/aromatic N) is 4. The maximum Gasteiger partial charge on any atom is 0.236 e. The lowest BCUT2D eigenvalue weighted by Gasteiger charge is -2.09. The molecule has 0 aliphatic carbocycles. The summed E-state index contributed by atoms with van der Waals surface area (Å²) >= 11 is 2.78. The van der Waals surface area contributed by atoms with Gasteiger partial charge in [0.15, 0.2) is 5.16 Å². The normalized spacial score (nSPS) is 11.0. The van der Waals surface area contributed by atoms with E-state index in [1.165, 1.54) is 28.7 Å². The van der Waals surface area contributed by atoms with Crippen LogP contribution in [0.5, 0.6) is 0 Å². The average Bonchev–Trinajstić information content (AvgIpc) is 3.24. The molecule has 0 aliphatic heterocycles. The van der Waals surface area contributed by atoms with E-state index >= 15 is 0 Å². The lowest BCUT2D eigenvalue weighted by molar-refractivity contribution is -0.113. The largest absolute Gasteiger partial charge is 0.314 e. The minimum Gasteiger partial charge on any atom is -0.314 e. The molecule has 0 radical (unpaired) electrons. The van der Waals surface area contributed by atoms with Crippen LogP contribution in [0.3, 0.4) is 0 Å². The molecule has 4 rings (SSSR count). The van der Waals surface area contributed by atoms with Gasteiger partial charge in [0.1, 0.15) is 5.01 Å². The standard InChI is InChI=1S/C19H17N5OS2/c1-13-22-23-18(27-13)21-17(25)12-26-19-20-15-9-5-6-10-16(15)24(19)11-14-7-3-2-4-8-14/h2-10H,11-12H2,1H3,(H,21,23,25). The average molecular weight is 396 g/mol. The molecule has 8 heteroatoms. The Hall–Kier alpha value is -2.71. The van der Waals surface area contributed by atoms with Crippen molar-refractivity contribution in [2.45, 2.75) is 18.6 Å². The van der Waals surface area contributed by atoms with Gasteiger partial charge in [-0.15, -0.1) is 10.2 Å². The monoisotopic (exact) mass is 395 g/mol. The summed E-state index contributed by atoms with van der Waals surface area (Å²) in [5, 5.41) is 12.8. The molecule has 4 aromatic rings. The van der Waals surface area contributed by atoms with Crippen LogP contribution in [0.15, 0.2) is 59.8 Å². The van der Waals surface area contributed by atoms with E-state index < -0.39 is 0 Å². The molecule has 0 bridgehead atoms. The Bertz CT molecular complexity index is 1070. The molecule has 2 aromatic carbocycles. The zero-order chi connectivity index (χ0) is 18.6. The van der Waals surface area contributed by atoms with Gasteiger partial charge >= 0.3 is 0 Å². The fourth-order valence-corrected chi connectivity index (χ4v) is 4.14. The van der Waals surface area contributed by atoms with Crippen molar-refractivity contribution < 1.29 is 4.79 Å². The number of rotatable bonds is 6. The summed E-state index contributed by atoms with van der Waals surface area (Å²) in [6.45, 7) is 2.56. The number of hydrogen-bond donors (Lipinski definition) is 1. The predicted octanol–water partition coefficient (Wildman–Crippen LogP) is 3.98. The van der Waals surface area contributed by atoms with Gasteiger partial charge in [-0.05, 0) is 24.6 Å². The van der Waals surface area contributed by atoms with E-state index in [0.29, 0.717) is 11.7 Å². The van der Waals surface area contributed by atoms with Gasteiger partial charge in [0.2, 0.25) is 11.0 Å². The van der Waals surface area contributed by atoms with Gasteiger partial charge in [0, 0.05) is 0 Å². The Morgan fingerprint density at radius 1 is 1.11 bits per heavy atom. The molecular formula is C19H17N5OS2. The fourth-order valence-electron chi connectivity index (χ4n) is 2.71. The number of carbonyl (C=O) groups is 1. The lowest BCUT2D eigenvalue weighted by Crippen LogP contribution is -2.14. The SMILES string of the molecule is Cc1nnc(NC(=O)CSc2nc3ccccc3n2Cc2ccccc2)s1. The highest BCUT2D eigenvalue weighted by molar-refractivity contribution is 7.99. The summed E-state index contributed by atoms with van der Waals surface area (Å²) in [6, 6.07) is 18.3. The number of nitrogens with one attached hydrogen (secondary N) is 1. The topological polar surface area (TPSA) is 72.7 Å². The molecule has 0 spiro atoms. The first-order valence-electron chi connectivity index (χ1n) is 8.41. The van der Waals surface area contributed by atoms with E-state index in [9.17, 15) is 4.79 Å². The van der Waals surface area contributed by atoms with Crippen molar-refractivity contribution in [2.24, 2.45) is 0 Å². The molecule has 1 N–H and O–H groups in total. The second kappa shape index (κ2) is 7.89. The first kappa shape index (κ1) is 17.7. The Morgan fingerprint density at radius 3 is 2.67 bits per heavy atom. The van der Waals surface area contributed by atoms with Crippen molar-refractivity contribution in [3.05, 3.63) is 65.2 Å². The van der Waals surface area contributed by atoms with Gasteiger partial charge < -0.3 is 4.57 Å². The van der Waals surface area contributed by atoms with Crippen LogP contribution in [-0.4, -0.2) is 31.4 Å². The number of aromatic nitrogens is 4. The van der Waals surface area contributed by atoms with Gasteiger partial charge in [0.25, 0.3) is 0 Å². The molecule has 27 heavy (non-hydrogen) atoms. The first-order chi connectivity index (χ1) is 13.2. The Kier molecular flexibility index (Phi) is 5.17. The number of hydrogen-bond acceptors (Lipinski definition) is 6. The minimum atomic E-state index is -0.116. The maximum atomic E-state index is 12.2. The van der Waals surface area contributed by atoms with Crippen molar-refractivity contribution >= 4 is 45.2 Å². The fraction of sp³-hybridized carbons (Fsp3) is 0.158. The summed E-state index contributed by atoms with van der Waals surface area (Å²) in [5.74, 6) is 0.144. The van der Waals surface area contributed by atoms with Crippen LogP contribution < -0.4 is 5.32 Å². The second-order valence-electron chi connectivity index (χ2n) is 5.92. The van der Waals surface area contributed by atoms with Crippen LogP contribution in [0.25, 0.3) is 11.0 Å². The van der Waals surface area contributed by atoms with Crippen molar-refractivity contribution in [1.82, 2.24) is 19.7 Å². The summed E-state index contributed by atoms with van der Waals surface area (Å²) < 4.78 is 2.15. The first-order valence-corrected chi connectivity index (χ1v) is 10.2. The molecule has 1 amide bonds. The molecule has 0 aliphatic rings. The molecule has 2 aromatic heterocycles. The number of anilines is 1. The van der Waals surface area contributed by atoms with Gasteiger partial charge in [-0.3, -0.25) is 10.1 Å². The summed E-state index contributed by atoms with van der Waals surface area (Å²) in [5.41, 5.74) is 3.18. The quantitative estimate of drug-likeness (QED) is 0.500. The molecule has 6 nitrogen and oxygen atoms in total. The number of fused-ring (bicyclic) bond motifs is 1. The highest BCUT2D eigenvalue weighted by Crippen LogP contribution is 2.25. The number of thioether (sulfide) groups is 1. The molecule has 0 unspecified atom stereocenters. The number of para-hydroxylation sites is 2. The molecule has 136 valence electrons. The Labute approximate surface area is 164 Å². The second-order valence-corrected chi connectivity index (χ2v) is 8.04. The summed E-state index contributed by atoms with van der Waals surface area (Å²) in [6.07, 6.45) is 0. The van der Waals surface area contributed by atoms with Crippen LogP contribution in [0.4, 0.5) is 5.13 Å². The Morgan fingerprint density at radius 2 is 1.89 bits per heavy atom. The van der Waals surface area contributed by atoms with Crippen LogP contribution in [-0.2, 0) is 11.3 Å². The number of aryl methyl sites for hydroxylation is 1. The zero-order valence-corrected chi connectivity index (χ0v) is 16.3. The summed E-state index contributed by atoms with van der Waals surface area (Å²) in [4.78, 5) is 17.0. The van der Waals surface area contributed by atoms with Crippen LogP contribution in [0, 0.1) is 6.92 Å². The maximum absolute atomic E-state index is 12.2. The van der Waals surface area contributed by atoms with Crippen molar-refractivity contribution in [3.8, 4) is 0 Å². The summed E-state index contributed by atoms with van der Waals surface area (Å²) in [7, 11) is 0. The Balaban J connectivity index is 1.53. The number of benzene rings is 2. The number of carbonyl (C=O) groups excluding carboxylic acids is 1. The van der Waals surface area contributed by atoms with Gasteiger partial charge in [0.05, 0.1) is 23.3 Å². The van der Waals surface area contributed by atoms with Gasteiger partial charge in [-0.25, -0.2) is 4.98 Å². The van der Waals surface area contributed by atoms with E-state index in [4.69, 9.17) is 4.98 Å². The smallest absolute Gasteiger partial charge is 0.236 e. The minimum absolute atomic E-state index is 0.116.